The lowest BCUT2D eigenvalue weighted by molar-refractivity contribution is -0.148. The maximum Gasteiger partial charge on any atom is 0.345 e. The number of ketones is 1. The van der Waals surface area contributed by atoms with Crippen molar-refractivity contribution in [2.45, 2.75) is 6.92 Å². The zero-order valence-corrected chi connectivity index (χ0v) is 13.9. The van der Waals surface area contributed by atoms with E-state index in [2.05, 4.69) is 0 Å². The van der Waals surface area contributed by atoms with Crippen molar-refractivity contribution in [2.75, 3.05) is 13.3 Å². The van der Waals surface area contributed by atoms with E-state index in [9.17, 15) is 19.2 Å². The summed E-state index contributed by atoms with van der Waals surface area (Å²) in [6.07, 6.45) is 0. The van der Waals surface area contributed by atoms with E-state index in [0.29, 0.717) is 11.3 Å². The lowest BCUT2D eigenvalue weighted by Crippen LogP contribution is -2.34. The highest BCUT2D eigenvalue weighted by atomic mass is 16.6. The van der Waals surface area contributed by atoms with Crippen molar-refractivity contribution in [3.05, 3.63) is 65.2 Å². The molecule has 132 valence electrons. The second-order valence-electron chi connectivity index (χ2n) is 5.60. The Hall–Kier alpha value is -3.48. The molecular weight excluding hydrogens is 338 g/mol. The van der Waals surface area contributed by atoms with Crippen LogP contribution in [0.3, 0.4) is 0 Å². The molecule has 2 aromatic rings. The summed E-state index contributed by atoms with van der Waals surface area (Å²) < 4.78 is 10.2. The molecule has 7 nitrogen and oxygen atoms in total. The summed E-state index contributed by atoms with van der Waals surface area (Å²) in [5.74, 6) is -1.53. The van der Waals surface area contributed by atoms with Crippen LogP contribution in [-0.2, 0) is 9.53 Å². The van der Waals surface area contributed by atoms with Crippen LogP contribution in [0.1, 0.15) is 38.0 Å². The number of carbonyl (C=O) groups is 4. The number of benzene rings is 2. The van der Waals surface area contributed by atoms with Gasteiger partial charge in [0.15, 0.2) is 19.1 Å². The van der Waals surface area contributed by atoms with E-state index in [4.69, 9.17) is 9.47 Å². The summed E-state index contributed by atoms with van der Waals surface area (Å²) >= 11 is 0. The van der Waals surface area contributed by atoms with Gasteiger partial charge >= 0.3 is 5.97 Å². The van der Waals surface area contributed by atoms with Gasteiger partial charge < -0.3 is 9.47 Å². The predicted octanol–water partition coefficient (Wildman–Crippen LogP) is 2.06. The van der Waals surface area contributed by atoms with Gasteiger partial charge in [0.25, 0.3) is 11.8 Å². The second kappa shape index (κ2) is 7.18. The smallest absolute Gasteiger partial charge is 0.345 e. The fraction of sp³-hybridized carbons (Fsp3) is 0.158. The van der Waals surface area contributed by atoms with Gasteiger partial charge in [0.1, 0.15) is 5.75 Å². The monoisotopic (exact) mass is 353 g/mol. The molecule has 1 aliphatic rings. The summed E-state index contributed by atoms with van der Waals surface area (Å²) in [6, 6.07) is 12.8. The van der Waals surface area contributed by atoms with Crippen LogP contribution in [0, 0.1) is 0 Å². The average molecular weight is 353 g/mol. The van der Waals surface area contributed by atoms with Crippen LogP contribution >= 0.6 is 0 Å². The Morgan fingerprint density at radius 1 is 0.962 bits per heavy atom. The number of amides is 2. The molecule has 0 radical (unpaired) electrons. The average Bonchev–Trinajstić information content (AvgIpc) is 2.89. The van der Waals surface area contributed by atoms with Gasteiger partial charge in [-0.3, -0.25) is 14.4 Å². The number of hydrogen-bond donors (Lipinski definition) is 0. The maximum absolute atomic E-state index is 12.2. The van der Waals surface area contributed by atoms with E-state index < -0.39 is 31.1 Å². The fourth-order valence-corrected chi connectivity index (χ4v) is 2.48. The van der Waals surface area contributed by atoms with E-state index in [1.807, 2.05) is 0 Å². The molecule has 2 aromatic carbocycles. The zero-order chi connectivity index (χ0) is 18.7. The molecular formula is C19H15NO6. The van der Waals surface area contributed by atoms with Crippen LogP contribution in [0.25, 0.3) is 0 Å². The minimum absolute atomic E-state index is 0.122. The standard InChI is InChI=1S/C19H15NO6/c1-12(21)13-5-4-6-14(9-13)25-10-17(22)26-11-20-18(23)15-7-2-3-8-16(15)19(20)24/h2-9H,10-11H2,1H3. The molecule has 0 aliphatic carbocycles. The molecule has 1 heterocycles. The van der Waals surface area contributed by atoms with Crippen LogP contribution in [0.2, 0.25) is 0 Å². The number of Topliss-reactive ketones (excluding diaryl/α,β-unsaturated/α-hetero) is 1. The molecule has 0 unspecified atom stereocenters. The molecule has 0 saturated heterocycles. The third kappa shape index (κ3) is 3.46. The van der Waals surface area contributed by atoms with Crippen molar-refractivity contribution in [3.63, 3.8) is 0 Å². The van der Waals surface area contributed by atoms with Crippen molar-refractivity contribution in [1.82, 2.24) is 4.90 Å². The SMILES string of the molecule is CC(=O)c1cccc(OCC(=O)OCN2C(=O)c3ccccc3C2=O)c1. The molecule has 0 fully saturated rings. The second-order valence-corrected chi connectivity index (χ2v) is 5.60. The Balaban J connectivity index is 1.54. The lowest BCUT2D eigenvalue weighted by Gasteiger charge is -2.14. The summed E-state index contributed by atoms with van der Waals surface area (Å²) in [5, 5.41) is 0. The van der Waals surface area contributed by atoms with Gasteiger partial charge in [-0.05, 0) is 31.2 Å². The molecule has 7 heteroatoms. The van der Waals surface area contributed by atoms with Crippen LogP contribution in [-0.4, -0.2) is 41.8 Å². The maximum atomic E-state index is 12.2. The Labute approximate surface area is 149 Å². The Morgan fingerprint density at radius 2 is 1.62 bits per heavy atom. The molecule has 0 aromatic heterocycles. The van der Waals surface area contributed by atoms with E-state index in [1.165, 1.54) is 13.0 Å². The minimum Gasteiger partial charge on any atom is -0.482 e. The van der Waals surface area contributed by atoms with Gasteiger partial charge in [-0.15, -0.1) is 0 Å². The van der Waals surface area contributed by atoms with Crippen LogP contribution in [0.15, 0.2) is 48.5 Å². The topological polar surface area (TPSA) is 90.0 Å². The predicted molar refractivity (Wildman–Crippen MR) is 89.8 cm³/mol. The largest absolute Gasteiger partial charge is 0.482 e. The van der Waals surface area contributed by atoms with Gasteiger partial charge in [0.2, 0.25) is 0 Å². The number of hydrogen-bond acceptors (Lipinski definition) is 6. The van der Waals surface area contributed by atoms with Crippen molar-refractivity contribution < 1.29 is 28.7 Å². The Bertz CT molecular complexity index is 869. The molecule has 0 bridgehead atoms. The molecule has 0 N–H and O–H groups in total. The number of nitrogens with zero attached hydrogens (tertiary/aromatic N) is 1. The van der Waals surface area contributed by atoms with Crippen molar-refractivity contribution in [2.24, 2.45) is 0 Å². The molecule has 1 aliphatic heterocycles. The van der Waals surface area contributed by atoms with E-state index in [0.717, 1.165) is 4.90 Å². The number of rotatable bonds is 6. The van der Waals surface area contributed by atoms with E-state index in [-0.39, 0.29) is 16.9 Å². The summed E-state index contributed by atoms with van der Waals surface area (Å²) in [4.78, 5) is 48.3. The molecule has 0 saturated carbocycles. The lowest BCUT2D eigenvalue weighted by atomic mass is 10.1. The van der Waals surface area contributed by atoms with E-state index in [1.54, 1.807) is 42.5 Å². The van der Waals surface area contributed by atoms with Crippen molar-refractivity contribution >= 4 is 23.6 Å². The van der Waals surface area contributed by atoms with Crippen molar-refractivity contribution in [1.29, 1.82) is 0 Å². The molecule has 3 rings (SSSR count). The first-order valence-electron chi connectivity index (χ1n) is 7.82. The van der Waals surface area contributed by atoms with Crippen LogP contribution < -0.4 is 4.74 Å². The van der Waals surface area contributed by atoms with Gasteiger partial charge in [0, 0.05) is 5.56 Å². The summed E-state index contributed by atoms with van der Waals surface area (Å²) in [5.41, 5.74) is 1.03. The fourth-order valence-electron chi connectivity index (χ4n) is 2.48. The highest BCUT2D eigenvalue weighted by Crippen LogP contribution is 2.22. The Kier molecular flexibility index (Phi) is 4.79. The third-order valence-electron chi connectivity index (χ3n) is 3.83. The first kappa shape index (κ1) is 17.3. The quantitative estimate of drug-likeness (QED) is 0.449. The zero-order valence-electron chi connectivity index (χ0n) is 13.9. The first-order chi connectivity index (χ1) is 12.5. The first-order valence-corrected chi connectivity index (χ1v) is 7.82. The summed E-state index contributed by atoms with van der Waals surface area (Å²) in [7, 11) is 0. The van der Waals surface area contributed by atoms with Gasteiger partial charge in [0.05, 0.1) is 11.1 Å². The highest BCUT2D eigenvalue weighted by Gasteiger charge is 2.35. The molecule has 0 atom stereocenters. The molecule has 2 amide bonds. The van der Waals surface area contributed by atoms with Gasteiger partial charge in [-0.25, -0.2) is 9.69 Å². The molecule has 0 spiro atoms. The number of ether oxygens (including phenoxy) is 2. The highest BCUT2D eigenvalue weighted by molar-refractivity contribution is 6.21. The van der Waals surface area contributed by atoms with Crippen molar-refractivity contribution in [3.8, 4) is 5.75 Å². The number of carbonyl (C=O) groups excluding carboxylic acids is 4. The van der Waals surface area contributed by atoms with Gasteiger partial charge in [-0.1, -0.05) is 24.3 Å². The Morgan fingerprint density at radius 3 is 2.23 bits per heavy atom. The number of fused-ring (bicyclic) bond motifs is 1. The molecule has 26 heavy (non-hydrogen) atoms. The minimum atomic E-state index is -0.741. The van der Waals surface area contributed by atoms with E-state index >= 15 is 0 Å². The number of imide groups is 1. The van der Waals surface area contributed by atoms with Crippen LogP contribution in [0.4, 0.5) is 0 Å². The van der Waals surface area contributed by atoms with Crippen LogP contribution in [0.5, 0.6) is 5.75 Å². The van der Waals surface area contributed by atoms with Gasteiger partial charge in [-0.2, -0.15) is 0 Å². The number of esters is 1. The normalized spacial score (nSPS) is 12.7. The summed E-state index contributed by atoms with van der Waals surface area (Å²) in [6.45, 7) is 0.530. The third-order valence-corrected chi connectivity index (χ3v) is 3.83.